The zero-order valence-corrected chi connectivity index (χ0v) is 17.6. The second kappa shape index (κ2) is 8.27. The number of pyridine rings is 3. The highest BCUT2D eigenvalue weighted by Gasteiger charge is 2.30. The lowest BCUT2D eigenvalue weighted by molar-refractivity contribution is -0.137. The summed E-state index contributed by atoms with van der Waals surface area (Å²) in [6, 6.07) is 16.4. The van der Waals surface area contributed by atoms with Crippen molar-refractivity contribution in [3.63, 3.8) is 0 Å². The van der Waals surface area contributed by atoms with E-state index in [1.165, 1.54) is 22.8 Å². The molecule has 0 aliphatic carbocycles. The normalized spacial score (nSPS) is 11.8. The summed E-state index contributed by atoms with van der Waals surface area (Å²) >= 11 is 0. The number of nitrogens with zero attached hydrogens (tertiary/aromatic N) is 3. The van der Waals surface area contributed by atoms with E-state index in [-0.39, 0.29) is 12.4 Å². The summed E-state index contributed by atoms with van der Waals surface area (Å²) in [4.78, 5) is 21.8. The molecule has 0 aliphatic rings. The van der Waals surface area contributed by atoms with Gasteiger partial charge in [-0.05, 0) is 48.5 Å². The molecule has 3 heterocycles. The lowest BCUT2D eigenvalue weighted by atomic mass is 10.0. The van der Waals surface area contributed by atoms with Crippen LogP contribution in [-0.4, -0.2) is 21.3 Å². The van der Waals surface area contributed by atoms with Crippen LogP contribution in [0.15, 0.2) is 83.9 Å². The molecule has 0 bridgehead atoms. The first-order chi connectivity index (χ1) is 16.4. The quantitative estimate of drug-likeness (QED) is 0.303. The van der Waals surface area contributed by atoms with Gasteiger partial charge in [-0.25, -0.2) is 0 Å². The Labute approximate surface area is 191 Å². The third kappa shape index (κ3) is 3.75. The maximum atomic E-state index is 13.4. The van der Waals surface area contributed by atoms with E-state index in [4.69, 9.17) is 10.5 Å². The largest absolute Gasteiger partial charge is 0.476 e. The number of halogens is 3. The number of rotatable bonds is 4. The summed E-state index contributed by atoms with van der Waals surface area (Å²) in [5.41, 5.74) is 6.56. The van der Waals surface area contributed by atoms with Crippen molar-refractivity contribution < 1.29 is 17.9 Å². The Kier molecular flexibility index (Phi) is 5.25. The number of nitrogens with two attached hydrogens (primary N) is 1. The second-order valence-electron chi connectivity index (χ2n) is 7.51. The molecule has 2 aromatic carbocycles. The van der Waals surface area contributed by atoms with Gasteiger partial charge in [0.05, 0.1) is 16.6 Å². The molecule has 3 aromatic heterocycles. The zero-order chi connectivity index (χ0) is 23.9. The number of aromatic nitrogens is 3. The predicted molar refractivity (Wildman–Crippen MR) is 123 cm³/mol. The Morgan fingerprint density at radius 3 is 2.62 bits per heavy atom. The fourth-order valence-corrected chi connectivity index (χ4v) is 3.95. The standard InChI is InChI=1S/C25H17F3N4O2/c26-25(27,28)17-3-1-4-18(12-17)32-22(33)9-7-16-13-31-20-8-6-15(11-19(20)24(16)32)23-21(34-14-29)5-2-10-30-23/h1-13H,14,29H2. The third-order valence-corrected chi connectivity index (χ3v) is 5.43. The number of alkyl halides is 3. The lowest BCUT2D eigenvalue weighted by Gasteiger charge is -2.15. The molecule has 0 spiro atoms. The predicted octanol–water partition coefficient (Wildman–Crippen LogP) is 4.91. The van der Waals surface area contributed by atoms with Gasteiger partial charge in [0.2, 0.25) is 0 Å². The number of benzene rings is 2. The minimum Gasteiger partial charge on any atom is -0.476 e. The van der Waals surface area contributed by atoms with Crippen LogP contribution in [0, 0.1) is 0 Å². The van der Waals surface area contributed by atoms with Gasteiger partial charge in [0.1, 0.15) is 18.2 Å². The average molecular weight is 462 g/mol. The maximum Gasteiger partial charge on any atom is 0.416 e. The molecule has 0 radical (unpaired) electrons. The maximum absolute atomic E-state index is 13.4. The van der Waals surface area contributed by atoms with Crippen LogP contribution in [0.1, 0.15) is 5.56 Å². The molecule has 170 valence electrons. The number of hydrogen-bond acceptors (Lipinski definition) is 5. The molecule has 0 amide bonds. The minimum atomic E-state index is -4.54. The van der Waals surface area contributed by atoms with Crippen LogP contribution in [0.25, 0.3) is 38.8 Å². The highest BCUT2D eigenvalue weighted by atomic mass is 19.4. The third-order valence-electron chi connectivity index (χ3n) is 5.43. The summed E-state index contributed by atoms with van der Waals surface area (Å²) in [6.45, 7) is -0.0359. The monoisotopic (exact) mass is 462 g/mol. The molecule has 6 nitrogen and oxygen atoms in total. The summed E-state index contributed by atoms with van der Waals surface area (Å²) in [7, 11) is 0. The van der Waals surface area contributed by atoms with E-state index >= 15 is 0 Å². The van der Waals surface area contributed by atoms with E-state index in [0.29, 0.717) is 38.8 Å². The van der Waals surface area contributed by atoms with Crippen LogP contribution in [-0.2, 0) is 6.18 Å². The highest BCUT2D eigenvalue weighted by Crippen LogP contribution is 2.34. The highest BCUT2D eigenvalue weighted by molar-refractivity contribution is 6.05. The van der Waals surface area contributed by atoms with E-state index in [2.05, 4.69) is 9.97 Å². The summed E-state index contributed by atoms with van der Waals surface area (Å²) in [5, 5.41) is 1.18. The average Bonchev–Trinajstić information content (AvgIpc) is 2.83. The van der Waals surface area contributed by atoms with Gasteiger partial charge in [0, 0.05) is 40.5 Å². The van der Waals surface area contributed by atoms with Crippen molar-refractivity contribution in [2.45, 2.75) is 6.18 Å². The number of hydrogen-bond donors (Lipinski definition) is 1. The van der Waals surface area contributed by atoms with Crippen molar-refractivity contribution in [2.24, 2.45) is 5.73 Å². The van der Waals surface area contributed by atoms with E-state index in [9.17, 15) is 18.0 Å². The van der Waals surface area contributed by atoms with E-state index < -0.39 is 17.3 Å². The molecule has 34 heavy (non-hydrogen) atoms. The SMILES string of the molecule is NCOc1cccnc1-c1ccc2ncc3ccc(=O)n(-c4cccc(C(F)(F)F)c4)c3c2c1. The smallest absolute Gasteiger partial charge is 0.416 e. The molecule has 0 aliphatic heterocycles. The first kappa shape index (κ1) is 21.6. The van der Waals surface area contributed by atoms with Crippen LogP contribution < -0.4 is 16.0 Å². The molecule has 0 saturated carbocycles. The van der Waals surface area contributed by atoms with Crippen molar-refractivity contribution in [3.05, 3.63) is 95.0 Å². The Bertz CT molecular complexity index is 1600. The van der Waals surface area contributed by atoms with Gasteiger partial charge >= 0.3 is 6.18 Å². The van der Waals surface area contributed by atoms with E-state index in [0.717, 1.165) is 12.1 Å². The van der Waals surface area contributed by atoms with Crippen LogP contribution in [0.3, 0.4) is 0 Å². The fraction of sp³-hybridized carbons (Fsp3) is 0.0800. The summed E-state index contributed by atoms with van der Waals surface area (Å²) < 4.78 is 46.9. The van der Waals surface area contributed by atoms with E-state index in [1.54, 1.807) is 42.7 Å². The Balaban J connectivity index is 1.83. The van der Waals surface area contributed by atoms with Crippen molar-refractivity contribution >= 4 is 21.8 Å². The molecule has 9 heteroatoms. The van der Waals surface area contributed by atoms with Crippen LogP contribution in [0.5, 0.6) is 5.75 Å². The Morgan fingerprint density at radius 1 is 0.971 bits per heavy atom. The van der Waals surface area contributed by atoms with Gasteiger partial charge < -0.3 is 4.74 Å². The molecule has 0 saturated heterocycles. The second-order valence-corrected chi connectivity index (χ2v) is 7.51. The van der Waals surface area contributed by atoms with Crippen LogP contribution in [0.2, 0.25) is 0 Å². The fourth-order valence-electron chi connectivity index (χ4n) is 3.95. The first-order valence-corrected chi connectivity index (χ1v) is 10.3. The first-order valence-electron chi connectivity index (χ1n) is 10.3. The Hall–Kier alpha value is -4.24. The van der Waals surface area contributed by atoms with Gasteiger partial charge in [-0.1, -0.05) is 12.1 Å². The topological polar surface area (TPSA) is 83.0 Å². The van der Waals surface area contributed by atoms with Crippen molar-refractivity contribution in [1.82, 2.24) is 14.5 Å². The van der Waals surface area contributed by atoms with Gasteiger partial charge in [-0.15, -0.1) is 0 Å². The van der Waals surface area contributed by atoms with Gasteiger partial charge in [0.25, 0.3) is 5.56 Å². The Morgan fingerprint density at radius 2 is 1.82 bits per heavy atom. The lowest BCUT2D eigenvalue weighted by Crippen LogP contribution is -2.18. The van der Waals surface area contributed by atoms with Gasteiger partial charge in [0.15, 0.2) is 0 Å². The van der Waals surface area contributed by atoms with Gasteiger partial charge in [-0.2, -0.15) is 13.2 Å². The molecule has 0 atom stereocenters. The van der Waals surface area contributed by atoms with Crippen LogP contribution in [0.4, 0.5) is 13.2 Å². The number of ether oxygens (including phenoxy) is 1. The summed E-state index contributed by atoms with van der Waals surface area (Å²) in [5.74, 6) is 0.479. The van der Waals surface area contributed by atoms with Crippen molar-refractivity contribution in [1.29, 1.82) is 0 Å². The minimum absolute atomic E-state index is 0.0359. The molecule has 5 aromatic rings. The molecular formula is C25H17F3N4O2. The van der Waals surface area contributed by atoms with Crippen molar-refractivity contribution in [3.8, 4) is 22.7 Å². The molecule has 0 unspecified atom stereocenters. The van der Waals surface area contributed by atoms with Crippen molar-refractivity contribution in [2.75, 3.05) is 6.73 Å². The molecule has 0 fully saturated rings. The molecular weight excluding hydrogens is 445 g/mol. The molecule has 5 rings (SSSR count). The van der Waals surface area contributed by atoms with Gasteiger partial charge in [-0.3, -0.25) is 25.1 Å². The summed E-state index contributed by atoms with van der Waals surface area (Å²) in [6.07, 6.45) is -1.34. The van der Waals surface area contributed by atoms with Crippen LogP contribution >= 0.6 is 0 Å². The van der Waals surface area contributed by atoms with E-state index in [1.807, 2.05) is 6.07 Å². The zero-order valence-electron chi connectivity index (χ0n) is 17.6. The molecule has 2 N–H and O–H groups in total. The number of fused-ring (bicyclic) bond motifs is 3.